The van der Waals surface area contributed by atoms with E-state index in [0.717, 1.165) is 0 Å². The Morgan fingerprint density at radius 2 is 2.14 bits per heavy atom. The summed E-state index contributed by atoms with van der Waals surface area (Å²) in [5.74, 6) is -0.116. The summed E-state index contributed by atoms with van der Waals surface area (Å²) in [5, 5.41) is 9.23. The highest BCUT2D eigenvalue weighted by Gasteiger charge is 2.03. The second-order valence-electron chi connectivity index (χ2n) is 3.13. The Hall–Kier alpha value is -1.09. The van der Waals surface area contributed by atoms with Crippen LogP contribution in [0.4, 0.5) is 4.39 Å². The molecule has 1 unspecified atom stereocenters. The summed E-state index contributed by atoms with van der Waals surface area (Å²) in [6.45, 7) is 2.24. The van der Waals surface area contributed by atoms with E-state index >= 15 is 0 Å². The summed E-state index contributed by atoms with van der Waals surface area (Å²) >= 11 is 0. The molecule has 14 heavy (non-hydrogen) atoms. The fraction of sp³-hybridized carbons (Fsp3) is 0.455. The SMILES string of the molecule is CCC(O)CCOc1ccccc1F. The highest BCUT2D eigenvalue weighted by atomic mass is 19.1. The van der Waals surface area contributed by atoms with Gasteiger partial charge in [0.25, 0.3) is 0 Å². The lowest BCUT2D eigenvalue weighted by atomic mass is 10.2. The number of rotatable bonds is 5. The predicted octanol–water partition coefficient (Wildman–Crippen LogP) is 2.37. The molecular formula is C11H15FO2. The zero-order valence-electron chi connectivity index (χ0n) is 8.24. The minimum atomic E-state index is -0.363. The molecule has 0 amide bonds. The third kappa shape index (κ3) is 3.34. The lowest BCUT2D eigenvalue weighted by Gasteiger charge is -2.09. The molecule has 0 spiro atoms. The average molecular weight is 198 g/mol. The summed E-state index contributed by atoms with van der Waals surface area (Å²) in [7, 11) is 0. The predicted molar refractivity (Wildman–Crippen MR) is 52.8 cm³/mol. The van der Waals surface area contributed by atoms with Crippen LogP contribution in [0.2, 0.25) is 0 Å². The number of hydrogen-bond donors (Lipinski definition) is 1. The van der Waals surface area contributed by atoms with Crippen molar-refractivity contribution in [2.75, 3.05) is 6.61 Å². The number of ether oxygens (including phenoxy) is 1. The van der Waals surface area contributed by atoms with E-state index in [4.69, 9.17) is 4.74 Å². The second-order valence-corrected chi connectivity index (χ2v) is 3.13. The van der Waals surface area contributed by atoms with Gasteiger partial charge in [0.1, 0.15) is 0 Å². The summed E-state index contributed by atoms with van der Waals surface area (Å²) in [6.07, 6.45) is 0.868. The second kappa shape index (κ2) is 5.60. The summed E-state index contributed by atoms with van der Waals surface area (Å²) in [4.78, 5) is 0. The fourth-order valence-electron chi connectivity index (χ4n) is 1.07. The van der Waals surface area contributed by atoms with Crippen molar-refractivity contribution in [1.29, 1.82) is 0 Å². The molecule has 0 radical (unpaired) electrons. The van der Waals surface area contributed by atoms with Gasteiger partial charge in [0, 0.05) is 6.42 Å². The van der Waals surface area contributed by atoms with E-state index in [0.29, 0.717) is 19.4 Å². The first-order chi connectivity index (χ1) is 6.74. The molecule has 78 valence electrons. The van der Waals surface area contributed by atoms with Gasteiger partial charge in [-0.2, -0.15) is 0 Å². The standard InChI is InChI=1S/C11H15FO2/c1-2-9(13)7-8-14-11-6-4-3-5-10(11)12/h3-6,9,13H,2,7-8H2,1H3. The molecule has 0 aromatic heterocycles. The highest BCUT2D eigenvalue weighted by molar-refractivity contribution is 5.23. The van der Waals surface area contributed by atoms with Crippen LogP contribution in [0.5, 0.6) is 5.75 Å². The van der Waals surface area contributed by atoms with Crippen molar-refractivity contribution in [1.82, 2.24) is 0 Å². The van der Waals surface area contributed by atoms with Crippen molar-refractivity contribution in [2.24, 2.45) is 0 Å². The van der Waals surface area contributed by atoms with Crippen LogP contribution in [-0.2, 0) is 0 Å². The first kappa shape index (κ1) is 11.0. The summed E-state index contributed by atoms with van der Waals surface area (Å²) in [6, 6.07) is 6.26. The lowest BCUT2D eigenvalue weighted by Crippen LogP contribution is -2.10. The van der Waals surface area contributed by atoms with Crippen LogP contribution in [0, 0.1) is 5.82 Å². The Morgan fingerprint density at radius 1 is 1.43 bits per heavy atom. The van der Waals surface area contributed by atoms with Crippen molar-refractivity contribution in [2.45, 2.75) is 25.9 Å². The number of para-hydroxylation sites is 1. The van der Waals surface area contributed by atoms with Crippen molar-refractivity contribution in [3.8, 4) is 5.75 Å². The molecule has 2 nitrogen and oxygen atoms in total. The number of hydrogen-bond acceptors (Lipinski definition) is 2. The van der Waals surface area contributed by atoms with Crippen molar-refractivity contribution < 1.29 is 14.2 Å². The maximum absolute atomic E-state index is 13.0. The van der Waals surface area contributed by atoms with E-state index in [1.807, 2.05) is 6.92 Å². The molecule has 0 heterocycles. The third-order valence-corrected chi connectivity index (χ3v) is 2.02. The van der Waals surface area contributed by atoms with Gasteiger partial charge in [-0.1, -0.05) is 19.1 Å². The van der Waals surface area contributed by atoms with E-state index < -0.39 is 0 Å². The fourth-order valence-corrected chi connectivity index (χ4v) is 1.07. The summed E-state index contributed by atoms with van der Waals surface area (Å²) in [5.41, 5.74) is 0. The van der Waals surface area contributed by atoms with Gasteiger partial charge in [-0.3, -0.25) is 0 Å². The molecule has 0 saturated heterocycles. The lowest BCUT2D eigenvalue weighted by molar-refractivity contribution is 0.134. The maximum atomic E-state index is 13.0. The van der Waals surface area contributed by atoms with Gasteiger partial charge in [0.05, 0.1) is 12.7 Å². The van der Waals surface area contributed by atoms with Crippen LogP contribution < -0.4 is 4.74 Å². The molecule has 1 aromatic rings. The quantitative estimate of drug-likeness (QED) is 0.787. The largest absolute Gasteiger partial charge is 0.490 e. The maximum Gasteiger partial charge on any atom is 0.165 e. The van der Waals surface area contributed by atoms with Crippen LogP contribution >= 0.6 is 0 Å². The Balaban J connectivity index is 2.35. The monoisotopic (exact) mass is 198 g/mol. The van der Waals surface area contributed by atoms with Gasteiger partial charge < -0.3 is 9.84 Å². The number of benzene rings is 1. The van der Waals surface area contributed by atoms with Gasteiger partial charge in [0.15, 0.2) is 11.6 Å². The first-order valence-electron chi connectivity index (χ1n) is 4.79. The zero-order valence-corrected chi connectivity index (χ0v) is 8.24. The first-order valence-corrected chi connectivity index (χ1v) is 4.79. The molecule has 0 aliphatic rings. The molecule has 1 N–H and O–H groups in total. The highest BCUT2D eigenvalue weighted by Crippen LogP contribution is 2.15. The van der Waals surface area contributed by atoms with Gasteiger partial charge in [0.2, 0.25) is 0 Å². The van der Waals surface area contributed by atoms with Crippen LogP contribution in [-0.4, -0.2) is 17.8 Å². The number of halogens is 1. The number of aliphatic hydroxyl groups excluding tert-OH is 1. The van der Waals surface area contributed by atoms with Gasteiger partial charge in [-0.15, -0.1) is 0 Å². The Morgan fingerprint density at radius 3 is 2.79 bits per heavy atom. The molecule has 0 aliphatic heterocycles. The summed E-state index contributed by atoms with van der Waals surface area (Å²) < 4.78 is 18.2. The average Bonchev–Trinajstić information content (AvgIpc) is 2.20. The van der Waals surface area contributed by atoms with E-state index in [2.05, 4.69) is 0 Å². The molecule has 0 fully saturated rings. The van der Waals surface area contributed by atoms with Crippen molar-refractivity contribution in [3.05, 3.63) is 30.1 Å². The number of aliphatic hydroxyl groups is 1. The van der Waals surface area contributed by atoms with E-state index in [1.165, 1.54) is 6.07 Å². The third-order valence-electron chi connectivity index (χ3n) is 2.02. The Kier molecular flexibility index (Phi) is 4.40. The van der Waals surface area contributed by atoms with Gasteiger partial charge in [-0.25, -0.2) is 4.39 Å². The molecule has 0 saturated carbocycles. The molecule has 0 bridgehead atoms. The molecule has 1 aromatic carbocycles. The molecule has 1 atom stereocenters. The van der Waals surface area contributed by atoms with Crippen LogP contribution in [0.1, 0.15) is 19.8 Å². The van der Waals surface area contributed by atoms with Gasteiger partial charge >= 0.3 is 0 Å². The topological polar surface area (TPSA) is 29.5 Å². The minimum Gasteiger partial charge on any atom is -0.490 e. The van der Waals surface area contributed by atoms with Gasteiger partial charge in [-0.05, 0) is 18.6 Å². The Labute approximate surface area is 83.3 Å². The van der Waals surface area contributed by atoms with Crippen LogP contribution in [0.25, 0.3) is 0 Å². The molecular weight excluding hydrogens is 183 g/mol. The Bertz CT molecular complexity index is 276. The van der Waals surface area contributed by atoms with Crippen molar-refractivity contribution >= 4 is 0 Å². The smallest absolute Gasteiger partial charge is 0.165 e. The molecule has 0 aliphatic carbocycles. The van der Waals surface area contributed by atoms with Crippen LogP contribution in [0.15, 0.2) is 24.3 Å². The zero-order chi connectivity index (χ0) is 10.4. The van der Waals surface area contributed by atoms with E-state index in [1.54, 1.807) is 18.2 Å². The van der Waals surface area contributed by atoms with E-state index in [-0.39, 0.29) is 17.7 Å². The molecule has 3 heteroatoms. The normalized spacial score (nSPS) is 12.5. The molecule has 1 rings (SSSR count). The minimum absolute atomic E-state index is 0.246. The van der Waals surface area contributed by atoms with E-state index in [9.17, 15) is 9.50 Å². The van der Waals surface area contributed by atoms with Crippen molar-refractivity contribution in [3.63, 3.8) is 0 Å². The van der Waals surface area contributed by atoms with Crippen LogP contribution in [0.3, 0.4) is 0 Å².